The van der Waals surface area contributed by atoms with Gasteiger partial charge in [0.15, 0.2) is 5.78 Å². The van der Waals surface area contributed by atoms with Crippen molar-refractivity contribution in [3.05, 3.63) is 24.2 Å². The second kappa shape index (κ2) is 3.75. The Morgan fingerprint density at radius 2 is 2.23 bits per heavy atom. The normalized spacial score (nSPS) is 11.6. The average molecular weight is 181 g/mol. The Morgan fingerprint density at radius 1 is 1.54 bits per heavy atom. The Labute approximate surface area is 78.1 Å². The number of Topliss-reactive ketones (excluding diaryl/α,β-unsaturated/α-hetero) is 1. The summed E-state index contributed by atoms with van der Waals surface area (Å²) in [4.78, 5) is 11.4. The van der Waals surface area contributed by atoms with Crippen molar-refractivity contribution in [3.8, 4) is 0 Å². The maximum Gasteiger partial charge on any atom is 0.179 e. The summed E-state index contributed by atoms with van der Waals surface area (Å²) in [5, 5.41) is 3.12. The number of hydrogen-bond donors (Lipinski definition) is 1. The van der Waals surface area contributed by atoms with Gasteiger partial charge >= 0.3 is 0 Å². The van der Waals surface area contributed by atoms with Crippen LogP contribution in [0.5, 0.6) is 0 Å². The molecule has 1 aromatic rings. The Kier molecular flexibility index (Phi) is 2.88. The van der Waals surface area contributed by atoms with Crippen LogP contribution in [0.3, 0.4) is 0 Å². The molecule has 0 aliphatic carbocycles. The molecule has 1 aromatic heterocycles. The van der Waals surface area contributed by atoms with Gasteiger partial charge < -0.3 is 9.73 Å². The first-order chi connectivity index (χ1) is 5.99. The number of ketones is 1. The van der Waals surface area contributed by atoms with E-state index in [1.54, 1.807) is 6.07 Å². The monoisotopic (exact) mass is 181 g/mol. The minimum atomic E-state index is -0.0284. The SMILES string of the molecule is CC(C)(C)NCC(=O)c1ccoc1. The second-order valence-corrected chi connectivity index (χ2v) is 4.04. The molecule has 13 heavy (non-hydrogen) atoms. The molecule has 0 saturated heterocycles. The molecule has 0 aliphatic heterocycles. The quantitative estimate of drug-likeness (QED) is 0.723. The van der Waals surface area contributed by atoms with E-state index in [-0.39, 0.29) is 11.3 Å². The van der Waals surface area contributed by atoms with Gasteiger partial charge in [-0.1, -0.05) is 0 Å². The molecular weight excluding hydrogens is 166 g/mol. The van der Waals surface area contributed by atoms with E-state index in [0.29, 0.717) is 12.1 Å². The first kappa shape index (κ1) is 9.99. The van der Waals surface area contributed by atoms with E-state index >= 15 is 0 Å². The topological polar surface area (TPSA) is 42.2 Å². The van der Waals surface area contributed by atoms with Gasteiger partial charge in [0.1, 0.15) is 6.26 Å². The molecule has 0 bridgehead atoms. The van der Waals surface area contributed by atoms with Crippen molar-refractivity contribution in [1.82, 2.24) is 5.32 Å². The molecule has 0 aliphatic rings. The van der Waals surface area contributed by atoms with Gasteiger partial charge in [0.05, 0.1) is 18.4 Å². The molecule has 3 heteroatoms. The third kappa shape index (κ3) is 3.42. The summed E-state index contributed by atoms with van der Waals surface area (Å²) in [6, 6.07) is 1.67. The summed E-state index contributed by atoms with van der Waals surface area (Å²) in [5.74, 6) is 0.0590. The molecular formula is C10H15NO2. The van der Waals surface area contributed by atoms with Gasteiger partial charge in [-0.3, -0.25) is 4.79 Å². The van der Waals surface area contributed by atoms with Gasteiger partial charge in [-0.05, 0) is 26.8 Å². The maximum absolute atomic E-state index is 11.4. The summed E-state index contributed by atoms with van der Waals surface area (Å²) in [5.41, 5.74) is 0.594. The van der Waals surface area contributed by atoms with Crippen molar-refractivity contribution < 1.29 is 9.21 Å². The zero-order chi connectivity index (χ0) is 9.90. The highest BCUT2D eigenvalue weighted by Crippen LogP contribution is 2.02. The summed E-state index contributed by atoms with van der Waals surface area (Å²) in [6.45, 7) is 6.42. The zero-order valence-corrected chi connectivity index (χ0v) is 8.26. The fraction of sp³-hybridized carbons (Fsp3) is 0.500. The number of carbonyl (C=O) groups excluding carboxylic acids is 1. The number of hydrogen-bond acceptors (Lipinski definition) is 3. The predicted molar refractivity (Wildman–Crippen MR) is 50.8 cm³/mol. The zero-order valence-electron chi connectivity index (χ0n) is 8.26. The van der Waals surface area contributed by atoms with Crippen LogP contribution >= 0.6 is 0 Å². The molecule has 1 rings (SSSR count). The van der Waals surface area contributed by atoms with Crippen molar-refractivity contribution in [1.29, 1.82) is 0 Å². The smallest absolute Gasteiger partial charge is 0.179 e. The number of carbonyl (C=O) groups is 1. The average Bonchev–Trinajstić information content (AvgIpc) is 2.50. The Hall–Kier alpha value is -1.09. The van der Waals surface area contributed by atoms with Crippen molar-refractivity contribution in [2.75, 3.05) is 6.54 Å². The number of furan rings is 1. The van der Waals surface area contributed by atoms with Gasteiger partial charge in [0.2, 0.25) is 0 Å². The lowest BCUT2D eigenvalue weighted by Gasteiger charge is -2.19. The maximum atomic E-state index is 11.4. The molecule has 3 nitrogen and oxygen atoms in total. The molecule has 0 spiro atoms. The summed E-state index contributed by atoms with van der Waals surface area (Å²) in [7, 11) is 0. The van der Waals surface area contributed by atoms with Crippen LogP contribution in [0.15, 0.2) is 23.0 Å². The molecule has 0 atom stereocenters. The second-order valence-electron chi connectivity index (χ2n) is 4.04. The highest BCUT2D eigenvalue weighted by atomic mass is 16.3. The third-order valence-electron chi connectivity index (χ3n) is 1.62. The summed E-state index contributed by atoms with van der Waals surface area (Å²) < 4.78 is 4.82. The summed E-state index contributed by atoms with van der Waals surface area (Å²) >= 11 is 0. The first-order valence-corrected chi connectivity index (χ1v) is 4.29. The summed E-state index contributed by atoms with van der Waals surface area (Å²) in [6.07, 6.45) is 2.97. The highest BCUT2D eigenvalue weighted by Gasteiger charge is 2.12. The molecule has 0 radical (unpaired) electrons. The minimum Gasteiger partial charge on any atom is -0.472 e. The van der Waals surface area contributed by atoms with E-state index in [1.165, 1.54) is 12.5 Å². The van der Waals surface area contributed by atoms with E-state index in [0.717, 1.165) is 0 Å². The van der Waals surface area contributed by atoms with Gasteiger partial charge in [-0.2, -0.15) is 0 Å². The van der Waals surface area contributed by atoms with Crippen LogP contribution in [0.4, 0.5) is 0 Å². The van der Waals surface area contributed by atoms with E-state index in [1.807, 2.05) is 20.8 Å². The van der Waals surface area contributed by atoms with E-state index < -0.39 is 0 Å². The van der Waals surface area contributed by atoms with Gasteiger partial charge in [-0.15, -0.1) is 0 Å². The van der Waals surface area contributed by atoms with E-state index in [4.69, 9.17) is 4.42 Å². The Bertz CT molecular complexity index is 270. The van der Waals surface area contributed by atoms with Crippen LogP contribution in [0.2, 0.25) is 0 Å². The van der Waals surface area contributed by atoms with Crippen LogP contribution in [0.25, 0.3) is 0 Å². The predicted octanol–water partition coefficient (Wildman–Crippen LogP) is 1.85. The fourth-order valence-corrected chi connectivity index (χ4v) is 0.871. The van der Waals surface area contributed by atoms with Crippen molar-refractivity contribution in [2.45, 2.75) is 26.3 Å². The minimum absolute atomic E-state index is 0.0284. The lowest BCUT2D eigenvalue weighted by molar-refractivity contribution is 0.0981. The van der Waals surface area contributed by atoms with Crippen molar-refractivity contribution in [3.63, 3.8) is 0 Å². The lowest BCUT2D eigenvalue weighted by Crippen LogP contribution is -2.39. The standard InChI is InChI=1S/C10H15NO2/c1-10(2,3)11-6-9(12)8-4-5-13-7-8/h4-5,7,11H,6H2,1-3H3. The fourth-order valence-electron chi connectivity index (χ4n) is 0.871. The van der Waals surface area contributed by atoms with Gasteiger partial charge in [0, 0.05) is 5.54 Å². The molecule has 72 valence electrons. The van der Waals surface area contributed by atoms with Gasteiger partial charge in [0.25, 0.3) is 0 Å². The number of nitrogens with one attached hydrogen (secondary N) is 1. The molecule has 0 unspecified atom stereocenters. The highest BCUT2D eigenvalue weighted by molar-refractivity contribution is 5.97. The number of rotatable bonds is 3. The van der Waals surface area contributed by atoms with Crippen molar-refractivity contribution in [2.24, 2.45) is 0 Å². The Morgan fingerprint density at radius 3 is 2.69 bits per heavy atom. The molecule has 0 amide bonds. The van der Waals surface area contributed by atoms with Crippen LogP contribution in [0, 0.1) is 0 Å². The van der Waals surface area contributed by atoms with E-state index in [2.05, 4.69) is 5.32 Å². The largest absolute Gasteiger partial charge is 0.472 e. The Balaban J connectivity index is 2.44. The first-order valence-electron chi connectivity index (χ1n) is 4.29. The molecule has 0 saturated carbocycles. The third-order valence-corrected chi connectivity index (χ3v) is 1.62. The van der Waals surface area contributed by atoms with Crippen LogP contribution in [-0.4, -0.2) is 17.9 Å². The molecule has 0 fully saturated rings. The van der Waals surface area contributed by atoms with Crippen LogP contribution in [0.1, 0.15) is 31.1 Å². The molecule has 0 aromatic carbocycles. The van der Waals surface area contributed by atoms with E-state index in [9.17, 15) is 4.79 Å². The lowest BCUT2D eigenvalue weighted by atomic mass is 10.1. The van der Waals surface area contributed by atoms with Crippen molar-refractivity contribution >= 4 is 5.78 Å². The molecule has 1 heterocycles. The molecule has 1 N–H and O–H groups in total. The van der Waals surface area contributed by atoms with Gasteiger partial charge in [-0.25, -0.2) is 0 Å². The van der Waals surface area contributed by atoms with Crippen LogP contribution in [-0.2, 0) is 0 Å². The van der Waals surface area contributed by atoms with Crippen LogP contribution < -0.4 is 5.32 Å².